The van der Waals surface area contributed by atoms with Crippen LogP contribution in [0.4, 0.5) is 4.39 Å². The molecule has 0 aliphatic rings. The Balaban J connectivity index is 1.82. The molecular weight excluding hydrogens is 393 g/mol. The summed E-state index contributed by atoms with van der Waals surface area (Å²) in [6, 6.07) is 20.4. The molecule has 0 saturated carbocycles. The van der Waals surface area contributed by atoms with Gasteiger partial charge >= 0.3 is 0 Å². The minimum Gasteiger partial charge on any atom is -0.488 e. The molecule has 29 heavy (non-hydrogen) atoms. The number of rotatable bonds is 7. The SMILES string of the molecule is CS(=O)(=O)c1cccc(C(=O)NC(COc2ccccc2F)c2ccccc2)c1. The maximum absolute atomic E-state index is 13.9. The Labute approximate surface area is 169 Å². The molecular formula is C22H20FNO4S. The van der Waals surface area contributed by atoms with Crippen molar-refractivity contribution in [1.82, 2.24) is 5.32 Å². The van der Waals surface area contributed by atoms with Crippen LogP contribution in [0.3, 0.4) is 0 Å². The second-order valence-electron chi connectivity index (χ2n) is 6.48. The second-order valence-corrected chi connectivity index (χ2v) is 8.49. The summed E-state index contributed by atoms with van der Waals surface area (Å²) in [5.74, 6) is -0.866. The minimum atomic E-state index is -3.44. The lowest BCUT2D eigenvalue weighted by Crippen LogP contribution is -2.32. The molecule has 0 fully saturated rings. The van der Waals surface area contributed by atoms with E-state index >= 15 is 0 Å². The predicted molar refractivity (Wildman–Crippen MR) is 108 cm³/mol. The summed E-state index contributed by atoms with van der Waals surface area (Å²) in [5, 5.41) is 2.84. The van der Waals surface area contributed by atoms with Crippen LogP contribution in [-0.4, -0.2) is 27.2 Å². The third-order valence-electron chi connectivity index (χ3n) is 4.27. The monoisotopic (exact) mass is 413 g/mol. The number of ether oxygens (including phenoxy) is 1. The van der Waals surface area contributed by atoms with Gasteiger partial charge in [-0.2, -0.15) is 0 Å². The smallest absolute Gasteiger partial charge is 0.251 e. The van der Waals surface area contributed by atoms with Crippen LogP contribution >= 0.6 is 0 Å². The lowest BCUT2D eigenvalue weighted by Gasteiger charge is -2.20. The van der Waals surface area contributed by atoms with E-state index in [4.69, 9.17) is 4.74 Å². The number of amides is 1. The van der Waals surface area contributed by atoms with Gasteiger partial charge < -0.3 is 10.1 Å². The Bertz CT molecular complexity index is 1100. The zero-order valence-corrected chi connectivity index (χ0v) is 16.5. The first kappa shape index (κ1) is 20.5. The molecule has 0 aromatic heterocycles. The van der Waals surface area contributed by atoms with Crippen molar-refractivity contribution in [2.75, 3.05) is 12.9 Å². The number of carbonyl (C=O) groups is 1. The standard InChI is InChI=1S/C22H20FNO4S/c1-29(26,27)18-11-7-10-17(14-18)22(25)24-20(16-8-3-2-4-9-16)15-28-21-13-6-5-12-19(21)23/h2-14,20H,15H2,1H3,(H,24,25). The van der Waals surface area contributed by atoms with Crippen LogP contribution in [0.2, 0.25) is 0 Å². The van der Waals surface area contributed by atoms with Gasteiger partial charge in [-0.25, -0.2) is 12.8 Å². The summed E-state index contributed by atoms with van der Waals surface area (Å²) >= 11 is 0. The summed E-state index contributed by atoms with van der Waals surface area (Å²) in [6.45, 7) is 0.00243. The van der Waals surface area contributed by atoms with Crippen molar-refractivity contribution in [3.63, 3.8) is 0 Å². The average Bonchev–Trinajstić information content (AvgIpc) is 2.72. The van der Waals surface area contributed by atoms with Crippen LogP contribution in [0, 0.1) is 5.82 Å². The fourth-order valence-corrected chi connectivity index (χ4v) is 3.42. The molecule has 1 unspecified atom stereocenters. The van der Waals surface area contributed by atoms with Crippen molar-refractivity contribution in [1.29, 1.82) is 0 Å². The van der Waals surface area contributed by atoms with E-state index in [1.165, 1.54) is 36.4 Å². The third kappa shape index (κ3) is 5.42. The van der Waals surface area contributed by atoms with Crippen molar-refractivity contribution in [2.24, 2.45) is 0 Å². The lowest BCUT2D eigenvalue weighted by atomic mass is 10.1. The molecule has 5 nitrogen and oxygen atoms in total. The summed E-state index contributed by atoms with van der Waals surface area (Å²) in [6.07, 6.45) is 1.08. The summed E-state index contributed by atoms with van der Waals surface area (Å²) in [4.78, 5) is 12.8. The Morgan fingerprint density at radius 2 is 1.69 bits per heavy atom. The van der Waals surface area contributed by atoms with Crippen molar-refractivity contribution in [3.8, 4) is 5.75 Å². The van der Waals surface area contributed by atoms with E-state index in [2.05, 4.69) is 5.32 Å². The van der Waals surface area contributed by atoms with Gasteiger partial charge in [-0.15, -0.1) is 0 Å². The van der Waals surface area contributed by atoms with Gasteiger partial charge in [0.1, 0.15) is 6.61 Å². The van der Waals surface area contributed by atoms with Gasteiger partial charge in [0.25, 0.3) is 5.91 Å². The zero-order chi connectivity index (χ0) is 20.9. The highest BCUT2D eigenvalue weighted by molar-refractivity contribution is 7.90. The molecule has 150 valence electrons. The van der Waals surface area contributed by atoms with Gasteiger partial charge in [0.15, 0.2) is 21.4 Å². The molecule has 0 spiro atoms. The van der Waals surface area contributed by atoms with Crippen LogP contribution in [0.25, 0.3) is 0 Å². The van der Waals surface area contributed by atoms with E-state index in [9.17, 15) is 17.6 Å². The Morgan fingerprint density at radius 1 is 1.00 bits per heavy atom. The molecule has 0 heterocycles. The highest BCUT2D eigenvalue weighted by Gasteiger charge is 2.18. The molecule has 3 aromatic rings. The number of para-hydroxylation sites is 1. The Hall–Kier alpha value is -3.19. The summed E-state index contributed by atoms with van der Waals surface area (Å²) in [7, 11) is -3.44. The third-order valence-corrected chi connectivity index (χ3v) is 5.38. The van der Waals surface area contributed by atoms with Crippen LogP contribution in [0.1, 0.15) is 22.0 Å². The fraction of sp³-hybridized carbons (Fsp3) is 0.136. The van der Waals surface area contributed by atoms with Crippen molar-refractivity contribution in [2.45, 2.75) is 10.9 Å². The predicted octanol–water partition coefficient (Wildman–Crippen LogP) is 3.78. The molecule has 0 aliphatic carbocycles. The molecule has 0 saturated heterocycles. The van der Waals surface area contributed by atoms with Crippen molar-refractivity contribution in [3.05, 3.63) is 95.8 Å². The number of hydrogen-bond donors (Lipinski definition) is 1. The van der Waals surface area contributed by atoms with Crippen molar-refractivity contribution >= 4 is 15.7 Å². The lowest BCUT2D eigenvalue weighted by molar-refractivity contribution is 0.0920. The van der Waals surface area contributed by atoms with Gasteiger partial charge in [-0.05, 0) is 35.9 Å². The first-order valence-electron chi connectivity index (χ1n) is 8.88. The molecule has 1 N–H and O–H groups in total. The zero-order valence-electron chi connectivity index (χ0n) is 15.7. The average molecular weight is 413 g/mol. The highest BCUT2D eigenvalue weighted by Crippen LogP contribution is 2.20. The van der Waals surface area contributed by atoms with E-state index < -0.39 is 27.6 Å². The van der Waals surface area contributed by atoms with E-state index in [1.54, 1.807) is 12.1 Å². The molecule has 3 rings (SSSR count). The quantitative estimate of drug-likeness (QED) is 0.640. The van der Waals surface area contributed by atoms with Gasteiger partial charge in [-0.1, -0.05) is 48.5 Å². The van der Waals surface area contributed by atoms with Crippen LogP contribution < -0.4 is 10.1 Å². The van der Waals surface area contributed by atoms with Crippen LogP contribution in [0.15, 0.2) is 83.8 Å². The Kier molecular flexibility index (Phi) is 6.29. The molecule has 1 atom stereocenters. The number of benzene rings is 3. The van der Waals surface area contributed by atoms with Gasteiger partial charge in [-0.3, -0.25) is 4.79 Å². The van der Waals surface area contributed by atoms with Crippen LogP contribution in [-0.2, 0) is 9.84 Å². The van der Waals surface area contributed by atoms with Crippen LogP contribution in [0.5, 0.6) is 5.75 Å². The fourth-order valence-electron chi connectivity index (χ4n) is 2.75. The maximum atomic E-state index is 13.9. The first-order chi connectivity index (χ1) is 13.8. The van der Waals surface area contributed by atoms with Gasteiger partial charge in [0.05, 0.1) is 10.9 Å². The van der Waals surface area contributed by atoms with E-state index in [-0.39, 0.29) is 22.8 Å². The molecule has 0 bridgehead atoms. The summed E-state index contributed by atoms with van der Waals surface area (Å²) < 4.78 is 43.0. The molecule has 3 aromatic carbocycles. The Morgan fingerprint density at radius 3 is 2.38 bits per heavy atom. The van der Waals surface area contributed by atoms with E-state index in [0.717, 1.165) is 11.8 Å². The molecule has 1 amide bonds. The van der Waals surface area contributed by atoms with E-state index in [0.29, 0.717) is 0 Å². The number of sulfone groups is 1. The summed E-state index contributed by atoms with van der Waals surface area (Å²) in [5.41, 5.74) is 0.983. The minimum absolute atomic E-state index is 0.00243. The van der Waals surface area contributed by atoms with Crippen molar-refractivity contribution < 1.29 is 22.3 Å². The number of nitrogens with one attached hydrogen (secondary N) is 1. The number of hydrogen-bond acceptors (Lipinski definition) is 4. The number of halogens is 1. The van der Waals surface area contributed by atoms with Gasteiger partial charge in [0.2, 0.25) is 0 Å². The molecule has 0 radical (unpaired) electrons. The topological polar surface area (TPSA) is 72.5 Å². The first-order valence-corrected chi connectivity index (χ1v) is 10.8. The molecule has 0 aliphatic heterocycles. The second kappa shape index (κ2) is 8.87. The van der Waals surface area contributed by atoms with Gasteiger partial charge in [0, 0.05) is 11.8 Å². The van der Waals surface area contributed by atoms with E-state index in [1.807, 2.05) is 30.3 Å². The highest BCUT2D eigenvalue weighted by atomic mass is 32.2. The maximum Gasteiger partial charge on any atom is 0.251 e. The largest absolute Gasteiger partial charge is 0.488 e. The number of carbonyl (C=O) groups excluding carboxylic acids is 1. The molecule has 7 heteroatoms. The normalized spacial score (nSPS) is 12.2.